The number of carbonyl (C=O) groups is 1. The zero-order valence-electron chi connectivity index (χ0n) is 11.7. The van der Waals surface area contributed by atoms with Crippen LogP contribution >= 0.6 is 0 Å². The normalized spacial score (nSPS) is 10.9. The topological polar surface area (TPSA) is 50.1 Å². The quantitative estimate of drug-likeness (QED) is 0.351. The maximum absolute atomic E-state index is 11.7. The number of ether oxygens (including phenoxy) is 1. The minimum atomic E-state index is -0.546. The Hall–Kier alpha value is -2.08. The molecule has 0 bridgehead atoms. The Kier molecular flexibility index (Phi) is 5.81. The molecule has 0 saturated carbocycles. The van der Waals surface area contributed by atoms with E-state index in [1.54, 1.807) is 6.08 Å². The molecule has 0 saturated heterocycles. The van der Waals surface area contributed by atoms with E-state index in [0.29, 0.717) is 6.61 Å². The minimum absolute atomic E-state index is 0.0427. The van der Waals surface area contributed by atoms with E-state index in [9.17, 15) is 4.79 Å². The van der Waals surface area contributed by atoms with Crippen LogP contribution in [0, 0.1) is 25.2 Å². The second-order valence-electron chi connectivity index (χ2n) is 4.58. The largest absolute Gasteiger partial charge is 0.462 e. The van der Waals surface area contributed by atoms with Gasteiger partial charge in [0.2, 0.25) is 0 Å². The third-order valence-corrected chi connectivity index (χ3v) is 2.63. The maximum atomic E-state index is 11.7. The molecule has 0 spiro atoms. The molecule has 1 aromatic carbocycles. The van der Waals surface area contributed by atoms with Gasteiger partial charge in [0, 0.05) is 0 Å². The van der Waals surface area contributed by atoms with E-state index in [1.807, 2.05) is 45.0 Å². The summed E-state index contributed by atoms with van der Waals surface area (Å²) in [5.41, 5.74) is 3.09. The van der Waals surface area contributed by atoms with Gasteiger partial charge in [0.05, 0.1) is 6.61 Å². The molecule has 0 amide bonds. The highest BCUT2D eigenvalue weighted by Crippen LogP contribution is 2.13. The Morgan fingerprint density at radius 2 is 1.95 bits per heavy atom. The highest BCUT2D eigenvalue weighted by molar-refractivity contribution is 5.97. The summed E-state index contributed by atoms with van der Waals surface area (Å²) < 4.78 is 5.04. The highest BCUT2D eigenvalue weighted by Gasteiger charge is 2.10. The van der Waals surface area contributed by atoms with Crippen molar-refractivity contribution in [2.24, 2.45) is 0 Å². The van der Waals surface area contributed by atoms with Gasteiger partial charge in [-0.2, -0.15) is 5.26 Å². The molecule has 100 valence electrons. The summed E-state index contributed by atoms with van der Waals surface area (Å²) in [4.78, 5) is 11.7. The van der Waals surface area contributed by atoms with E-state index in [2.05, 4.69) is 0 Å². The van der Waals surface area contributed by atoms with Gasteiger partial charge in [-0.1, -0.05) is 42.7 Å². The maximum Gasteiger partial charge on any atom is 0.348 e. The van der Waals surface area contributed by atoms with Crippen molar-refractivity contribution in [3.05, 3.63) is 40.5 Å². The summed E-state index contributed by atoms with van der Waals surface area (Å²) in [6.45, 7) is 6.34. The van der Waals surface area contributed by atoms with Gasteiger partial charge in [-0.15, -0.1) is 0 Å². The molecule has 19 heavy (non-hydrogen) atoms. The number of nitrogens with zero attached hydrogens (tertiary/aromatic N) is 1. The van der Waals surface area contributed by atoms with Crippen LogP contribution < -0.4 is 0 Å². The standard InChI is InChI=1S/C16H19NO2/c1-4-5-6-19-16(18)15(11-17)10-14-8-12(2)7-13(3)9-14/h7-10H,4-6H2,1-3H3/b15-10-. The van der Waals surface area contributed by atoms with Crippen molar-refractivity contribution in [1.29, 1.82) is 5.26 Å². The Morgan fingerprint density at radius 1 is 1.32 bits per heavy atom. The lowest BCUT2D eigenvalue weighted by Gasteiger charge is -2.03. The number of esters is 1. The minimum Gasteiger partial charge on any atom is -0.462 e. The van der Waals surface area contributed by atoms with Crippen LogP contribution in [0.5, 0.6) is 0 Å². The number of benzene rings is 1. The first-order chi connectivity index (χ1) is 9.06. The first-order valence-corrected chi connectivity index (χ1v) is 6.44. The summed E-state index contributed by atoms with van der Waals surface area (Å²) in [6.07, 6.45) is 3.35. The lowest BCUT2D eigenvalue weighted by molar-refractivity contribution is -0.138. The predicted molar refractivity (Wildman–Crippen MR) is 75.4 cm³/mol. The van der Waals surface area contributed by atoms with Crippen molar-refractivity contribution in [1.82, 2.24) is 0 Å². The van der Waals surface area contributed by atoms with Crippen LogP contribution in [-0.2, 0) is 9.53 Å². The summed E-state index contributed by atoms with van der Waals surface area (Å²) >= 11 is 0. The number of hydrogen-bond donors (Lipinski definition) is 0. The van der Waals surface area contributed by atoms with Gasteiger partial charge in [0.1, 0.15) is 11.6 Å². The second-order valence-corrected chi connectivity index (χ2v) is 4.58. The summed E-state index contributed by atoms with van der Waals surface area (Å²) in [6, 6.07) is 7.82. The van der Waals surface area contributed by atoms with Gasteiger partial charge >= 0.3 is 5.97 Å². The molecule has 0 aromatic heterocycles. The van der Waals surface area contributed by atoms with Gasteiger partial charge in [0.15, 0.2) is 0 Å². The van der Waals surface area contributed by atoms with Crippen LogP contribution in [0.25, 0.3) is 6.08 Å². The first kappa shape index (κ1) is 15.0. The average molecular weight is 257 g/mol. The van der Waals surface area contributed by atoms with E-state index in [1.165, 1.54) is 0 Å². The van der Waals surface area contributed by atoms with Crippen molar-refractivity contribution >= 4 is 12.0 Å². The molecule has 0 aliphatic heterocycles. The molecule has 1 aromatic rings. The molecule has 0 unspecified atom stereocenters. The number of carbonyl (C=O) groups excluding carboxylic acids is 1. The zero-order chi connectivity index (χ0) is 14.3. The molecule has 0 fully saturated rings. The fraction of sp³-hybridized carbons (Fsp3) is 0.375. The number of hydrogen-bond acceptors (Lipinski definition) is 3. The lowest BCUT2D eigenvalue weighted by Crippen LogP contribution is -2.07. The second kappa shape index (κ2) is 7.38. The van der Waals surface area contributed by atoms with E-state index in [0.717, 1.165) is 29.5 Å². The molecule has 0 radical (unpaired) electrons. The van der Waals surface area contributed by atoms with Crippen molar-refractivity contribution in [3.63, 3.8) is 0 Å². The number of aryl methyl sites for hydroxylation is 2. The first-order valence-electron chi connectivity index (χ1n) is 6.44. The monoisotopic (exact) mass is 257 g/mol. The van der Waals surface area contributed by atoms with E-state index < -0.39 is 5.97 Å². The smallest absolute Gasteiger partial charge is 0.348 e. The van der Waals surface area contributed by atoms with E-state index in [4.69, 9.17) is 10.00 Å². The van der Waals surface area contributed by atoms with E-state index in [-0.39, 0.29) is 5.57 Å². The molecule has 0 aliphatic rings. The van der Waals surface area contributed by atoms with Gasteiger partial charge in [0.25, 0.3) is 0 Å². The van der Waals surface area contributed by atoms with Crippen molar-refractivity contribution in [3.8, 4) is 6.07 Å². The van der Waals surface area contributed by atoms with Gasteiger partial charge in [-0.25, -0.2) is 4.79 Å². The highest BCUT2D eigenvalue weighted by atomic mass is 16.5. The summed E-state index contributed by atoms with van der Waals surface area (Å²) in [7, 11) is 0. The number of rotatable bonds is 5. The SMILES string of the molecule is CCCCOC(=O)/C(C#N)=C\c1cc(C)cc(C)c1. The third-order valence-electron chi connectivity index (χ3n) is 2.63. The summed E-state index contributed by atoms with van der Waals surface area (Å²) in [5, 5.41) is 9.03. The predicted octanol–water partition coefficient (Wildman–Crippen LogP) is 3.55. The summed E-state index contributed by atoms with van der Waals surface area (Å²) in [5.74, 6) is -0.546. The Labute approximate surface area is 114 Å². The van der Waals surface area contributed by atoms with Crippen LogP contribution in [0.2, 0.25) is 0 Å². The van der Waals surface area contributed by atoms with Crippen LogP contribution in [0.4, 0.5) is 0 Å². The number of unbranched alkanes of at least 4 members (excludes halogenated alkanes) is 1. The fourth-order valence-corrected chi connectivity index (χ4v) is 1.78. The molecule has 0 atom stereocenters. The molecular weight excluding hydrogens is 238 g/mol. The third kappa shape index (κ3) is 4.97. The van der Waals surface area contributed by atoms with Crippen molar-refractivity contribution < 1.29 is 9.53 Å². The molecule has 3 heteroatoms. The Morgan fingerprint density at radius 3 is 2.47 bits per heavy atom. The number of nitriles is 1. The van der Waals surface area contributed by atoms with E-state index >= 15 is 0 Å². The molecular formula is C16H19NO2. The van der Waals surface area contributed by atoms with Crippen molar-refractivity contribution in [2.45, 2.75) is 33.6 Å². The molecule has 1 rings (SSSR count). The van der Waals surface area contributed by atoms with Gasteiger partial charge < -0.3 is 4.74 Å². The molecule has 0 N–H and O–H groups in total. The zero-order valence-corrected chi connectivity index (χ0v) is 11.7. The Balaban J connectivity index is 2.87. The average Bonchev–Trinajstić information content (AvgIpc) is 2.35. The lowest BCUT2D eigenvalue weighted by atomic mass is 10.1. The van der Waals surface area contributed by atoms with Crippen LogP contribution in [0.15, 0.2) is 23.8 Å². The molecule has 3 nitrogen and oxygen atoms in total. The molecule has 0 heterocycles. The van der Waals surface area contributed by atoms with Crippen molar-refractivity contribution in [2.75, 3.05) is 6.61 Å². The van der Waals surface area contributed by atoms with Crippen LogP contribution in [0.1, 0.15) is 36.5 Å². The fourth-order valence-electron chi connectivity index (χ4n) is 1.78. The van der Waals surface area contributed by atoms with Gasteiger partial charge in [-0.05, 0) is 31.9 Å². The Bertz CT molecular complexity index is 504. The van der Waals surface area contributed by atoms with Crippen LogP contribution in [0.3, 0.4) is 0 Å². The van der Waals surface area contributed by atoms with Gasteiger partial charge in [-0.3, -0.25) is 0 Å². The van der Waals surface area contributed by atoms with Crippen LogP contribution in [-0.4, -0.2) is 12.6 Å². The molecule has 0 aliphatic carbocycles.